The van der Waals surface area contributed by atoms with E-state index in [0.717, 1.165) is 0 Å². The number of carboxylic acid groups (broad SMARTS) is 1. The maximum Gasteiger partial charge on any atom is 0.335 e. The number of amides is 1. The molecule has 0 spiro atoms. The highest BCUT2D eigenvalue weighted by molar-refractivity contribution is 7.89. The van der Waals surface area contributed by atoms with Crippen molar-refractivity contribution in [3.63, 3.8) is 0 Å². The van der Waals surface area contributed by atoms with Crippen molar-refractivity contribution in [3.05, 3.63) is 34.9 Å². The molecule has 1 aliphatic rings. The summed E-state index contributed by atoms with van der Waals surface area (Å²) >= 11 is 0. The number of carbonyl (C=O) groups is 2. The van der Waals surface area contributed by atoms with Crippen molar-refractivity contribution in [2.24, 2.45) is 0 Å². The number of carboxylic acids is 1. The number of hydrogen-bond donors (Lipinski definition) is 2. The first kappa shape index (κ1) is 10.6. The number of hydrogen-bond acceptors (Lipinski definition) is 4. The number of sulfonamides is 1. The molecular weight excluding hydrogens is 234 g/mol. The molecule has 0 aliphatic carbocycles. The van der Waals surface area contributed by atoms with Gasteiger partial charge in [-0.15, -0.1) is 0 Å². The molecule has 0 aromatic heterocycles. The van der Waals surface area contributed by atoms with Gasteiger partial charge in [0.25, 0.3) is 5.91 Å². The smallest absolute Gasteiger partial charge is 0.335 e. The van der Waals surface area contributed by atoms with Crippen molar-refractivity contribution >= 4 is 21.9 Å². The summed E-state index contributed by atoms with van der Waals surface area (Å²) in [4.78, 5) is 22.1. The van der Waals surface area contributed by atoms with E-state index in [-0.39, 0.29) is 16.9 Å². The molecule has 2 N–H and O–H groups in total. The van der Waals surface area contributed by atoms with Crippen molar-refractivity contribution in [2.45, 2.75) is 5.75 Å². The van der Waals surface area contributed by atoms with Crippen LogP contribution in [0.15, 0.2) is 18.2 Å². The Balaban J connectivity index is 2.58. The third-order valence-electron chi connectivity index (χ3n) is 2.20. The largest absolute Gasteiger partial charge is 0.478 e. The molecule has 0 saturated heterocycles. The molecular formula is C9H7NO5S. The Morgan fingerprint density at radius 1 is 1.38 bits per heavy atom. The van der Waals surface area contributed by atoms with Gasteiger partial charge in [0, 0.05) is 5.56 Å². The SMILES string of the molecule is O=C(O)c1ccc2c(c1)C(=O)NS(=O)(=O)C2. The van der Waals surface area contributed by atoms with E-state index in [1.807, 2.05) is 4.72 Å². The molecule has 0 atom stereocenters. The Labute approximate surface area is 90.9 Å². The average Bonchev–Trinajstić information content (AvgIpc) is 2.15. The first-order valence-corrected chi connectivity index (χ1v) is 5.95. The predicted octanol–water partition coefficient (Wildman–Crippen LogP) is -0.0420. The standard InChI is InChI=1S/C9H7NO5S/c11-8-7-3-5(9(12)13)1-2-6(7)4-16(14,15)10-8/h1-3H,4H2,(H,10,11)(H,12,13). The molecule has 1 aromatic rings. The predicted molar refractivity (Wildman–Crippen MR) is 53.5 cm³/mol. The molecule has 0 bridgehead atoms. The normalized spacial score (nSPS) is 17.4. The lowest BCUT2D eigenvalue weighted by Crippen LogP contribution is -2.37. The fraction of sp³-hybridized carbons (Fsp3) is 0.111. The van der Waals surface area contributed by atoms with Crippen molar-refractivity contribution in [3.8, 4) is 0 Å². The van der Waals surface area contributed by atoms with Gasteiger partial charge < -0.3 is 5.11 Å². The van der Waals surface area contributed by atoms with Crippen LogP contribution in [0.1, 0.15) is 26.3 Å². The molecule has 84 valence electrons. The number of aromatic carboxylic acids is 1. The Kier molecular flexibility index (Phi) is 2.20. The second-order valence-corrected chi connectivity index (χ2v) is 5.09. The number of benzene rings is 1. The minimum atomic E-state index is -3.63. The van der Waals surface area contributed by atoms with E-state index in [1.165, 1.54) is 18.2 Å². The number of nitrogens with one attached hydrogen (secondary N) is 1. The monoisotopic (exact) mass is 241 g/mol. The van der Waals surface area contributed by atoms with Gasteiger partial charge in [0.2, 0.25) is 10.0 Å². The quantitative estimate of drug-likeness (QED) is 0.718. The topological polar surface area (TPSA) is 101 Å². The fourth-order valence-corrected chi connectivity index (χ4v) is 2.61. The molecule has 16 heavy (non-hydrogen) atoms. The van der Waals surface area contributed by atoms with Crippen LogP contribution >= 0.6 is 0 Å². The number of rotatable bonds is 1. The van der Waals surface area contributed by atoms with Crippen LogP contribution < -0.4 is 4.72 Å². The summed E-state index contributed by atoms with van der Waals surface area (Å²) in [5.41, 5.74) is 0.358. The summed E-state index contributed by atoms with van der Waals surface area (Å²) < 4.78 is 24.2. The summed E-state index contributed by atoms with van der Waals surface area (Å²) in [6.07, 6.45) is 0. The summed E-state index contributed by atoms with van der Waals surface area (Å²) in [5.74, 6) is -2.26. The van der Waals surface area contributed by atoms with Gasteiger partial charge in [-0.2, -0.15) is 0 Å². The lowest BCUT2D eigenvalue weighted by molar-refractivity contribution is 0.0697. The van der Waals surface area contributed by atoms with E-state index in [1.54, 1.807) is 0 Å². The van der Waals surface area contributed by atoms with Crippen LogP contribution in [0.2, 0.25) is 0 Å². The summed E-state index contributed by atoms with van der Waals surface area (Å²) in [6.45, 7) is 0. The van der Waals surface area contributed by atoms with E-state index in [0.29, 0.717) is 5.56 Å². The molecule has 1 amide bonds. The zero-order chi connectivity index (χ0) is 11.9. The highest BCUT2D eigenvalue weighted by Crippen LogP contribution is 2.19. The van der Waals surface area contributed by atoms with Crippen LogP contribution in [-0.4, -0.2) is 25.4 Å². The van der Waals surface area contributed by atoms with E-state index in [9.17, 15) is 18.0 Å². The lowest BCUT2D eigenvalue weighted by Gasteiger charge is -2.16. The Morgan fingerprint density at radius 2 is 2.06 bits per heavy atom. The Bertz CT molecular complexity index is 590. The highest BCUT2D eigenvalue weighted by atomic mass is 32.2. The van der Waals surface area contributed by atoms with Crippen LogP contribution in [0.25, 0.3) is 0 Å². The van der Waals surface area contributed by atoms with Crippen LogP contribution in [0.4, 0.5) is 0 Å². The molecule has 0 fully saturated rings. The van der Waals surface area contributed by atoms with Crippen molar-refractivity contribution in [1.29, 1.82) is 0 Å². The summed E-state index contributed by atoms with van der Waals surface area (Å²) in [7, 11) is -3.63. The lowest BCUT2D eigenvalue weighted by atomic mass is 10.0. The van der Waals surface area contributed by atoms with E-state index >= 15 is 0 Å². The third-order valence-corrected chi connectivity index (χ3v) is 3.38. The van der Waals surface area contributed by atoms with Gasteiger partial charge in [0.1, 0.15) is 0 Å². The van der Waals surface area contributed by atoms with Crippen LogP contribution in [0.5, 0.6) is 0 Å². The Morgan fingerprint density at radius 3 is 2.69 bits per heavy atom. The van der Waals surface area contributed by atoms with Gasteiger partial charge in [-0.05, 0) is 17.7 Å². The van der Waals surface area contributed by atoms with Crippen molar-refractivity contribution in [1.82, 2.24) is 4.72 Å². The molecule has 0 saturated carbocycles. The molecule has 0 unspecified atom stereocenters. The van der Waals surface area contributed by atoms with Crippen LogP contribution in [0.3, 0.4) is 0 Å². The van der Waals surface area contributed by atoms with E-state index in [2.05, 4.69) is 0 Å². The minimum Gasteiger partial charge on any atom is -0.478 e. The summed E-state index contributed by atoms with van der Waals surface area (Å²) in [6, 6.07) is 3.78. The molecule has 2 rings (SSSR count). The van der Waals surface area contributed by atoms with Gasteiger partial charge in [-0.25, -0.2) is 17.9 Å². The maximum atomic E-state index is 11.4. The third kappa shape index (κ3) is 1.76. The molecule has 1 aliphatic heterocycles. The van der Waals surface area contributed by atoms with E-state index < -0.39 is 21.9 Å². The molecule has 1 aromatic carbocycles. The summed E-state index contributed by atoms with van der Waals surface area (Å²) in [5, 5.41) is 8.73. The molecule has 6 nitrogen and oxygen atoms in total. The highest BCUT2D eigenvalue weighted by Gasteiger charge is 2.27. The molecule has 0 radical (unpaired) electrons. The zero-order valence-electron chi connectivity index (χ0n) is 7.93. The fourth-order valence-electron chi connectivity index (χ4n) is 1.48. The van der Waals surface area contributed by atoms with Gasteiger partial charge in [-0.3, -0.25) is 4.79 Å². The van der Waals surface area contributed by atoms with Crippen LogP contribution in [-0.2, 0) is 15.8 Å². The van der Waals surface area contributed by atoms with Crippen molar-refractivity contribution in [2.75, 3.05) is 0 Å². The minimum absolute atomic E-state index is 0.0480. The zero-order valence-corrected chi connectivity index (χ0v) is 8.74. The van der Waals surface area contributed by atoms with Gasteiger partial charge in [0.05, 0.1) is 11.3 Å². The van der Waals surface area contributed by atoms with Crippen molar-refractivity contribution < 1.29 is 23.1 Å². The average molecular weight is 241 g/mol. The van der Waals surface area contributed by atoms with Gasteiger partial charge in [-0.1, -0.05) is 6.07 Å². The number of fused-ring (bicyclic) bond motifs is 1. The second kappa shape index (κ2) is 3.31. The first-order valence-electron chi connectivity index (χ1n) is 4.30. The molecule has 1 heterocycles. The van der Waals surface area contributed by atoms with Gasteiger partial charge in [0.15, 0.2) is 0 Å². The molecule has 7 heteroatoms. The maximum absolute atomic E-state index is 11.4. The Hall–Kier alpha value is -1.89. The first-order chi connectivity index (χ1) is 7.39. The van der Waals surface area contributed by atoms with Crippen LogP contribution in [0, 0.1) is 0 Å². The van der Waals surface area contributed by atoms with Gasteiger partial charge >= 0.3 is 5.97 Å². The van der Waals surface area contributed by atoms with E-state index in [4.69, 9.17) is 5.11 Å². The number of carbonyl (C=O) groups excluding carboxylic acids is 1. The second-order valence-electron chi connectivity index (χ2n) is 3.37.